The van der Waals surface area contributed by atoms with Crippen LogP contribution in [-0.4, -0.2) is 17.6 Å². The Morgan fingerprint density at radius 1 is 1.50 bits per heavy atom. The van der Waals surface area contributed by atoms with Crippen molar-refractivity contribution in [2.24, 2.45) is 11.7 Å². The van der Waals surface area contributed by atoms with Gasteiger partial charge in [-0.3, -0.25) is 4.79 Å². The highest BCUT2D eigenvalue weighted by Gasteiger charge is 2.17. The van der Waals surface area contributed by atoms with Gasteiger partial charge in [0.05, 0.1) is 5.92 Å². The normalized spacial score (nSPS) is 12.4. The van der Waals surface area contributed by atoms with Crippen LogP contribution in [0.5, 0.6) is 0 Å². The van der Waals surface area contributed by atoms with Crippen LogP contribution < -0.4 is 5.73 Å². The molecule has 1 rings (SSSR count). The average Bonchev–Trinajstić information content (AvgIpc) is 2.15. The van der Waals surface area contributed by atoms with Gasteiger partial charge in [0.2, 0.25) is 0 Å². The van der Waals surface area contributed by atoms with Gasteiger partial charge >= 0.3 is 5.97 Å². The molecule has 0 spiro atoms. The van der Waals surface area contributed by atoms with Gasteiger partial charge < -0.3 is 10.8 Å². The summed E-state index contributed by atoms with van der Waals surface area (Å²) in [4.78, 5) is 10.9. The standard InChI is InChI=1S/C11H13BrFNO2/c12-9-4-7(5-10(13)6-9)3-8(1-2-14)11(15)16/h4-6,8H,1-3,14H2,(H,15,16). The number of hydrogen-bond donors (Lipinski definition) is 2. The molecule has 5 heteroatoms. The summed E-state index contributed by atoms with van der Waals surface area (Å²) in [7, 11) is 0. The first-order valence-electron chi connectivity index (χ1n) is 4.90. The van der Waals surface area contributed by atoms with Gasteiger partial charge in [0.1, 0.15) is 5.82 Å². The lowest BCUT2D eigenvalue weighted by atomic mass is 9.96. The van der Waals surface area contributed by atoms with Crippen LogP contribution in [0.1, 0.15) is 12.0 Å². The molecule has 0 heterocycles. The summed E-state index contributed by atoms with van der Waals surface area (Å²) in [5.41, 5.74) is 5.99. The van der Waals surface area contributed by atoms with Gasteiger partial charge in [-0.05, 0) is 43.1 Å². The fourth-order valence-electron chi connectivity index (χ4n) is 1.53. The van der Waals surface area contributed by atoms with Gasteiger partial charge in [-0.1, -0.05) is 15.9 Å². The van der Waals surface area contributed by atoms with E-state index in [0.29, 0.717) is 29.4 Å². The van der Waals surface area contributed by atoms with Crippen molar-refractivity contribution < 1.29 is 14.3 Å². The molecule has 0 saturated heterocycles. The first kappa shape index (κ1) is 13.1. The van der Waals surface area contributed by atoms with E-state index in [-0.39, 0.29) is 5.82 Å². The SMILES string of the molecule is NCCC(Cc1cc(F)cc(Br)c1)C(=O)O. The number of nitrogens with two attached hydrogens (primary N) is 1. The Morgan fingerprint density at radius 3 is 2.69 bits per heavy atom. The Bertz CT molecular complexity index is 364. The maximum atomic E-state index is 13.1. The van der Waals surface area contributed by atoms with Crippen molar-refractivity contribution in [1.82, 2.24) is 0 Å². The Balaban J connectivity index is 2.80. The molecule has 3 N–H and O–H groups in total. The van der Waals surface area contributed by atoms with E-state index in [0.717, 1.165) is 0 Å². The minimum Gasteiger partial charge on any atom is -0.481 e. The van der Waals surface area contributed by atoms with Crippen LogP contribution >= 0.6 is 15.9 Å². The van der Waals surface area contributed by atoms with E-state index in [1.54, 1.807) is 6.07 Å². The quantitative estimate of drug-likeness (QED) is 0.873. The number of aliphatic carboxylic acids is 1. The minimum absolute atomic E-state index is 0.295. The van der Waals surface area contributed by atoms with E-state index < -0.39 is 11.9 Å². The van der Waals surface area contributed by atoms with E-state index in [9.17, 15) is 9.18 Å². The summed E-state index contributed by atoms with van der Waals surface area (Å²) >= 11 is 3.17. The zero-order valence-corrected chi connectivity index (χ0v) is 10.2. The van der Waals surface area contributed by atoms with Crippen molar-refractivity contribution in [1.29, 1.82) is 0 Å². The molecule has 0 aliphatic heterocycles. The molecule has 0 aliphatic rings. The maximum absolute atomic E-state index is 13.1. The molecule has 88 valence electrons. The molecule has 0 saturated carbocycles. The Morgan fingerprint density at radius 2 is 2.19 bits per heavy atom. The third-order valence-corrected chi connectivity index (χ3v) is 2.73. The van der Waals surface area contributed by atoms with E-state index in [2.05, 4.69) is 15.9 Å². The van der Waals surface area contributed by atoms with Crippen LogP contribution in [-0.2, 0) is 11.2 Å². The highest BCUT2D eigenvalue weighted by molar-refractivity contribution is 9.10. The largest absolute Gasteiger partial charge is 0.481 e. The van der Waals surface area contributed by atoms with E-state index in [1.165, 1.54) is 12.1 Å². The number of carboxylic acid groups (broad SMARTS) is 1. The lowest BCUT2D eigenvalue weighted by Crippen LogP contribution is -2.20. The molecule has 3 nitrogen and oxygen atoms in total. The van der Waals surface area contributed by atoms with Gasteiger partial charge in [0, 0.05) is 4.47 Å². The number of carbonyl (C=O) groups is 1. The molecular weight excluding hydrogens is 277 g/mol. The lowest BCUT2D eigenvalue weighted by molar-refractivity contribution is -0.141. The Labute approximate surface area is 102 Å². The second-order valence-corrected chi connectivity index (χ2v) is 4.51. The highest BCUT2D eigenvalue weighted by Crippen LogP contribution is 2.19. The van der Waals surface area contributed by atoms with Crippen LogP contribution in [0.25, 0.3) is 0 Å². The summed E-state index contributed by atoms with van der Waals surface area (Å²) in [5.74, 6) is -1.83. The van der Waals surface area contributed by atoms with E-state index in [4.69, 9.17) is 10.8 Å². The number of hydrogen-bond acceptors (Lipinski definition) is 2. The molecule has 0 aliphatic carbocycles. The van der Waals surface area contributed by atoms with E-state index >= 15 is 0 Å². The molecule has 1 unspecified atom stereocenters. The summed E-state index contributed by atoms with van der Waals surface area (Å²) in [6.45, 7) is 0.313. The first-order chi connectivity index (χ1) is 7.52. The third kappa shape index (κ3) is 3.90. The van der Waals surface area contributed by atoms with E-state index in [1.807, 2.05) is 0 Å². The highest BCUT2D eigenvalue weighted by atomic mass is 79.9. The van der Waals surface area contributed by atoms with Crippen LogP contribution in [0.2, 0.25) is 0 Å². The molecule has 0 bridgehead atoms. The number of benzene rings is 1. The second-order valence-electron chi connectivity index (χ2n) is 3.59. The fourth-order valence-corrected chi connectivity index (χ4v) is 2.04. The van der Waals surface area contributed by atoms with Crippen LogP contribution in [0.3, 0.4) is 0 Å². The molecule has 1 aromatic carbocycles. The molecular formula is C11H13BrFNO2. The second kappa shape index (κ2) is 5.96. The van der Waals surface area contributed by atoms with Gasteiger partial charge in [-0.25, -0.2) is 4.39 Å². The molecule has 1 atom stereocenters. The lowest BCUT2D eigenvalue weighted by Gasteiger charge is -2.11. The van der Waals surface area contributed by atoms with Crippen molar-refractivity contribution in [2.75, 3.05) is 6.54 Å². The van der Waals surface area contributed by atoms with Crippen molar-refractivity contribution in [3.63, 3.8) is 0 Å². The predicted molar refractivity (Wildman–Crippen MR) is 62.6 cm³/mol. The third-order valence-electron chi connectivity index (χ3n) is 2.27. The van der Waals surface area contributed by atoms with Crippen molar-refractivity contribution >= 4 is 21.9 Å². The predicted octanol–water partition coefficient (Wildman–Crippen LogP) is 2.18. The molecule has 16 heavy (non-hydrogen) atoms. The smallest absolute Gasteiger partial charge is 0.306 e. The van der Waals surface area contributed by atoms with Crippen LogP contribution in [0.4, 0.5) is 4.39 Å². The summed E-state index contributed by atoms with van der Waals surface area (Å²) < 4.78 is 13.7. The first-order valence-corrected chi connectivity index (χ1v) is 5.70. The monoisotopic (exact) mass is 289 g/mol. The minimum atomic E-state index is -0.897. The van der Waals surface area contributed by atoms with Gasteiger partial charge in [-0.2, -0.15) is 0 Å². The summed E-state index contributed by atoms with van der Waals surface area (Å²) in [5, 5.41) is 8.94. The van der Waals surface area contributed by atoms with Gasteiger partial charge in [-0.15, -0.1) is 0 Å². The Hall–Kier alpha value is -0.940. The topological polar surface area (TPSA) is 63.3 Å². The van der Waals surface area contributed by atoms with Crippen molar-refractivity contribution in [3.05, 3.63) is 34.1 Å². The number of carboxylic acids is 1. The number of halogens is 2. The average molecular weight is 290 g/mol. The Kier molecular flexibility index (Phi) is 4.89. The van der Waals surface area contributed by atoms with Gasteiger partial charge in [0.25, 0.3) is 0 Å². The maximum Gasteiger partial charge on any atom is 0.306 e. The zero-order valence-electron chi connectivity index (χ0n) is 8.62. The van der Waals surface area contributed by atoms with Crippen LogP contribution in [0, 0.1) is 11.7 Å². The zero-order chi connectivity index (χ0) is 12.1. The number of rotatable bonds is 5. The van der Waals surface area contributed by atoms with Crippen molar-refractivity contribution in [3.8, 4) is 0 Å². The van der Waals surface area contributed by atoms with Crippen LogP contribution in [0.15, 0.2) is 22.7 Å². The van der Waals surface area contributed by atoms with Gasteiger partial charge in [0.15, 0.2) is 0 Å². The molecule has 0 fully saturated rings. The summed E-state index contributed by atoms with van der Waals surface area (Å²) in [6, 6.07) is 4.40. The summed E-state index contributed by atoms with van der Waals surface area (Å²) in [6.07, 6.45) is 0.687. The molecule has 1 aromatic rings. The fraction of sp³-hybridized carbons (Fsp3) is 0.364. The molecule has 0 amide bonds. The molecule has 0 aromatic heterocycles. The van der Waals surface area contributed by atoms with Crippen molar-refractivity contribution in [2.45, 2.75) is 12.8 Å². The molecule has 0 radical (unpaired) electrons.